The molecule has 0 radical (unpaired) electrons. The molecule has 1 aromatic rings. The summed E-state index contributed by atoms with van der Waals surface area (Å²) in [5.74, 6) is 0.343. The van der Waals surface area contributed by atoms with E-state index in [2.05, 4.69) is 29.2 Å². The van der Waals surface area contributed by atoms with Gasteiger partial charge in [-0.05, 0) is 18.6 Å². The third-order valence-electron chi connectivity index (χ3n) is 4.70. The molecule has 3 rings (SSSR count). The van der Waals surface area contributed by atoms with Crippen LogP contribution in [0.3, 0.4) is 0 Å². The predicted octanol–water partition coefficient (Wildman–Crippen LogP) is 3.22. The smallest absolute Gasteiger partial charge is 0.387 e. The summed E-state index contributed by atoms with van der Waals surface area (Å²) < 4.78 is 34.4. The second-order valence-corrected chi connectivity index (χ2v) is 6.55. The largest absolute Gasteiger partial charge is 0.435 e. The van der Waals surface area contributed by atoms with Crippen molar-refractivity contribution in [3.05, 3.63) is 24.3 Å². The number of nitrogens with one attached hydrogen (secondary N) is 2. The van der Waals surface area contributed by atoms with E-state index in [9.17, 15) is 13.6 Å². The summed E-state index contributed by atoms with van der Waals surface area (Å²) in [5.41, 5.74) is 0.288. The van der Waals surface area contributed by atoms with Gasteiger partial charge in [-0.3, -0.25) is 0 Å². The second kappa shape index (κ2) is 5.96. The summed E-state index contributed by atoms with van der Waals surface area (Å²) in [6.07, 6.45) is 1.13. The molecule has 2 amide bonds. The number of halogens is 2. The number of alkyl halides is 2. The number of urea groups is 1. The van der Waals surface area contributed by atoms with Crippen molar-refractivity contribution in [3.8, 4) is 5.75 Å². The molecular formula is C16H20F2N2O3. The summed E-state index contributed by atoms with van der Waals surface area (Å²) in [6, 6.07) is 5.61. The minimum Gasteiger partial charge on any atom is -0.435 e. The van der Waals surface area contributed by atoms with Crippen LogP contribution in [0.1, 0.15) is 20.3 Å². The third-order valence-corrected chi connectivity index (χ3v) is 4.70. The number of anilines is 1. The van der Waals surface area contributed by atoms with Gasteiger partial charge in [-0.1, -0.05) is 19.9 Å². The van der Waals surface area contributed by atoms with Crippen LogP contribution in [-0.2, 0) is 4.74 Å². The topological polar surface area (TPSA) is 59.6 Å². The Labute approximate surface area is 133 Å². The fraction of sp³-hybridized carbons (Fsp3) is 0.562. The van der Waals surface area contributed by atoms with Gasteiger partial charge in [0.05, 0.1) is 6.10 Å². The van der Waals surface area contributed by atoms with Gasteiger partial charge < -0.3 is 20.1 Å². The van der Waals surface area contributed by atoms with E-state index < -0.39 is 6.61 Å². The first kappa shape index (κ1) is 16.0. The average Bonchev–Trinajstić information content (AvgIpc) is 2.91. The van der Waals surface area contributed by atoms with Gasteiger partial charge in [-0.15, -0.1) is 0 Å². The highest BCUT2D eigenvalue weighted by Gasteiger charge is 2.59. The zero-order chi connectivity index (χ0) is 16.6. The van der Waals surface area contributed by atoms with Crippen LogP contribution in [0.4, 0.5) is 19.3 Å². The quantitative estimate of drug-likeness (QED) is 0.893. The fourth-order valence-corrected chi connectivity index (χ4v) is 3.68. The van der Waals surface area contributed by atoms with Crippen molar-refractivity contribution in [2.75, 3.05) is 11.9 Å². The van der Waals surface area contributed by atoms with E-state index in [1.54, 1.807) is 12.1 Å². The van der Waals surface area contributed by atoms with Crippen LogP contribution in [0.15, 0.2) is 24.3 Å². The van der Waals surface area contributed by atoms with Crippen molar-refractivity contribution in [1.29, 1.82) is 0 Å². The lowest BCUT2D eigenvalue weighted by molar-refractivity contribution is -0.107. The van der Waals surface area contributed by atoms with Crippen molar-refractivity contribution in [2.24, 2.45) is 11.3 Å². The standard InChI is InChI=1S/C16H20F2N2O3/c1-16(2)12(11-6-7-22-13(11)16)20-15(21)19-9-4-3-5-10(8-9)23-14(17)18/h3-5,8,11-14H,6-7H2,1-2H3,(H2,19,20,21)/t11-,12+,13+/m0/s1. The Hall–Kier alpha value is -1.89. The number of rotatable bonds is 4. The fourth-order valence-electron chi connectivity index (χ4n) is 3.68. The number of hydrogen-bond donors (Lipinski definition) is 2. The van der Waals surface area contributed by atoms with Crippen LogP contribution in [0.25, 0.3) is 0 Å². The van der Waals surface area contributed by atoms with Gasteiger partial charge >= 0.3 is 12.6 Å². The maximum Gasteiger partial charge on any atom is 0.387 e. The highest BCUT2D eigenvalue weighted by molar-refractivity contribution is 5.89. The van der Waals surface area contributed by atoms with E-state index in [1.807, 2.05) is 0 Å². The van der Waals surface area contributed by atoms with Crippen LogP contribution < -0.4 is 15.4 Å². The molecule has 1 saturated carbocycles. The van der Waals surface area contributed by atoms with Crippen molar-refractivity contribution < 1.29 is 23.0 Å². The van der Waals surface area contributed by atoms with Gasteiger partial charge in [-0.2, -0.15) is 8.78 Å². The molecule has 2 N–H and O–H groups in total. The molecule has 1 aliphatic carbocycles. The lowest BCUT2D eigenvalue weighted by atomic mass is 9.57. The number of hydrogen-bond acceptors (Lipinski definition) is 3. The molecule has 2 aliphatic rings. The van der Waals surface area contributed by atoms with E-state index in [-0.39, 0.29) is 29.3 Å². The van der Waals surface area contributed by atoms with Crippen LogP contribution >= 0.6 is 0 Å². The van der Waals surface area contributed by atoms with E-state index >= 15 is 0 Å². The average molecular weight is 326 g/mol. The predicted molar refractivity (Wildman–Crippen MR) is 80.6 cm³/mol. The zero-order valence-corrected chi connectivity index (χ0v) is 13.0. The molecule has 1 aromatic carbocycles. The van der Waals surface area contributed by atoms with Crippen LogP contribution in [0.5, 0.6) is 5.75 Å². The SMILES string of the molecule is CC1(C)[C@H](NC(=O)Nc2cccc(OC(F)F)c2)[C@@H]2CCO[C@H]21. The molecule has 0 spiro atoms. The van der Waals surface area contributed by atoms with Crippen molar-refractivity contribution >= 4 is 11.7 Å². The summed E-state index contributed by atoms with van der Waals surface area (Å²) in [7, 11) is 0. The van der Waals surface area contributed by atoms with Crippen molar-refractivity contribution in [1.82, 2.24) is 5.32 Å². The number of amides is 2. The molecule has 1 heterocycles. The minimum atomic E-state index is -2.89. The maximum atomic E-state index is 12.2. The van der Waals surface area contributed by atoms with E-state index in [1.165, 1.54) is 12.1 Å². The minimum absolute atomic E-state index is 0.00558. The van der Waals surface area contributed by atoms with E-state index in [0.717, 1.165) is 13.0 Å². The Bertz CT molecular complexity index is 594. The molecule has 1 saturated heterocycles. The Morgan fingerprint density at radius 3 is 2.96 bits per heavy atom. The molecule has 23 heavy (non-hydrogen) atoms. The number of carbonyl (C=O) groups is 1. The first-order valence-electron chi connectivity index (χ1n) is 7.62. The second-order valence-electron chi connectivity index (χ2n) is 6.55. The van der Waals surface area contributed by atoms with Crippen molar-refractivity contribution in [3.63, 3.8) is 0 Å². The van der Waals surface area contributed by atoms with Crippen molar-refractivity contribution in [2.45, 2.75) is 39.0 Å². The molecule has 2 fully saturated rings. The van der Waals surface area contributed by atoms with E-state index in [0.29, 0.717) is 11.6 Å². The first-order valence-corrected chi connectivity index (χ1v) is 7.62. The Kier molecular flexibility index (Phi) is 4.14. The highest BCUT2D eigenvalue weighted by Crippen LogP contribution is 2.52. The Morgan fingerprint density at radius 1 is 1.43 bits per heavy atom. The molecule has 0 aromatic heterocycles. The number of benzene rings is 1. The summed E-state index contributed by atoms with van der Waals surface area (Å²) >= 11 is 0. The Balaban J connectivity index is 1.59. The Morgan fingerprint density at radius 2 is 2.22 bits per heavy atom. The van der Waals surface area contributed by atoms with E-state index in [4.69, 9.17) is 4.74 Å². The van der Waals surface area contributed by atoms with Gasteiger partial charge in [-0.25, -0.2) is 4.79 Å². The zero-order valence-electron chi connectivity index (χ0n) is 13.0. The van der Waals surface area contributed by atoms with Gasteiger partial charge in [0.25, 0.3) is 0 Å². The number of fused-ring (bicyclic) bond motifs is 1. The lowest BCUT2D eigenvalue weighted by Crippen LogP contribution is -2.67. The van der Waals surface area contributed by atoms with Gasteiger partial charge in [0.15, 0.2) is 0 Å². The van der Waals surface area contributed by atoms with Crippen LogP contribution in [0, 0.1) is 11.3 Å². The van der Waals surface area contributed by atoms with Gasteiger partial charge in [0, 0.05) is 35.7 Å². The first-order chi connectivity index (χ1) is 10.9. The van der Waals surface area contributed by atoms with Gasteiger partial charge in [0.2, 0.25) is 0 Å². The molecule has 0 bridgehead atoms. The highest BCUT2D eigenvalue weighted by atomic mass is 19.3. The summed E-state index contributed by atoms with van der Waals surface area (Å²) in [6.45, 7) is 1.98. The maximum absolute atomic E-state index is 12.2. The molecule has 7 heteroatoms. The normalized spacial score (nSPS) is 28.0. The molecule has 5 nitrogen and oxygen atoms in total. The molecule has 1 aliphatic heterocycles. The van der Waals surface area contributed by atoms with Gasteiger partial charge in [0.1, 0.15) is 5.75 Å². The third kappa shape index (κ3) is 3.10. The number of carbonyl (C=O) groups excluding carboxylic acids is 1. The monoisotopic (exact) mass is 326 g/mol. The molecule has 0 unspecified atom stereocenters. The summed E-state index contributed by atoms with van der Waals surface area (Å²) in [4.78, 5) is 12.2. The molecule has 126 valence electrons. The lowest BCUT2D eigenvalue weighted by Gasteiger charge is -2.54. The van der Waals surface area contributed by atoms with Crippen LogP contribution in [0.2, 0.25) is 0 Å². The molecular weight excluding hydrogens is 306 g/mol. The number of ether oxygens (including phenoxy) is 2. The molecule has 3 atom stereocenters. The van der Waals surface area contributed by atoms with Crippen LogP contribution in [-0.4, -0.2) is 31.4 Å². The summed E-state index contributed by atoms with van der Waals surface area (Å²) in [5, 5.41) is 5.62.